The van der Waals surface area contributed by atoms with Gasteiger partial charge in [-0.15, -0.1) is 0 Å². The number of fused-ring (bicyclic) bond motifs is 4. The number of halogens is 2. The predicted octanol–water partition coefficient (Wildman–Crippen LogP) is 1.43. The molecule has 0 unspecified atom stereocenters. The molecular weight excluding hydrogens is 380 g/mol. The van der Waals surface area contributed by atoms with Crippen LogP contribution in [-0.4, -0.2) is 39.7 Å². The van der Waals surface area contributed by atoms with Crippen molar-refractivity contribution >= 4 is 5.91 Å². The number of amides is 1. The highest BCUT2D eigenvalue weighted by atomic mass is 19.1. The van der Waals surface area contributed by atoms with E-state index in [0.717, 1.165) is 18.2 Å². The number of nitrogens with zero attached hydrogens (tertiary/aromatic N) is 2. The van der Waals surface area contributed by atoms with E-state index in [-0.39, 0.29) is 42.8 Å². The summed E-state index contributed by atoms with van der Waals surface area (Å²) in [6.45, 7) is 2.36. The van der Waals surface area contributed by atoms with Crippen molar-refractivity contribution in [3.63, 3.8) is 0 Å². The van der Waals surface area contributed by atoms with Crippen molar-refractivity contribution < 1.29 is 18.7 Å². The molecule has 3 heterocycles. The second-order valence-corrected chi connectivity index (χ2v) is 7.59. The van der Waals surface area contributed by atoms with Crippen LogP contribution in [0.15, 0.2) is 41.2 Å². The standard InChI is InChI=1S/C21H23F2N3O3/c1-2-24-21(29)19-14(11-27)17-10-25-16(4-3-5-18(25)28)20(19)26(17)9-12-8-13(22)6-7-15(12)23/h3-8,14,17,19-20,27H,2,9-11H2,1H3,(H,24,29)/t14-,17-,19+,20+/m1/s1. The zero-order valence-corrected chi connectivity index (χ0v) is 16.0. The van der Waals surface area contributed by atoms with E-state index in [1.165, 1.54) is 6.07 Å². The molecule has 8 heteroatoms. The van der Waals surface area contributed by atoms with E-state index in [1.54, 1.807) is 16.7 Å². The molecule has 2 bridgehead atoms. The van der Waals surface area contributed by atoms with E-state index in [0.29, 0.717) is 12.2 Å². The molecule has 0 aliphatic carbocycles. The fraction of sp³-hybridized carbons (Fsp3) is 0.429. The van der Waals surface area contributed by atoms with Gasteiger partial charge in [0.15, 0.2) is 0 Å². The van der Waals surface area contributed by atoms with Crippen LogP contribution in [0.2, 0.25) is 0 Å². The molecule has 4 atom stereocenters. The van der Waals surface area contributed by atoms with Gasteiger partial charge in [0.25, 0.3) is 5.56 Å². The first-order valence-electron chi connectivity index (χ1n) is 9.74. The molecular formula is C21H23F2N3O3. The molecule has 0 saturated carbocycles. The molecule has 154 valence electrons. The Morgan fingerprint density at radius 3 is 2.79 bits per heavy atom. The number of aromatic nitrogens is 1. The quantitative estimate of drug-likeness (QED) is 0.792. The molecule has 2 N–H and O–H groups in total. The highest BCUT2D eigenvalue weighted by molar-refractivity contribution is 5.80. The Bertz CT molecular complexity index is 993. The smallest absolute Gasteiger partial charge is 0.250 e. The highest BCUT2D eigenvalue weighted by Crippen LogP contribution is 2.48. The molecule has 1 fully saturated rings. The minimum atomic E-state index is -0.600. The number of rotatable bonds is 5. The summed E-state index contributed by atoms with van der Waals surface area (Å²) >= 11 is 0. The summed E-state index contributed by atoms with van der Waals surface area (Å²) < 4.78 is 29.7. The van der Waals surface area contributed by atoms with Gasteiger partial charge in [0.1, 0.15) is 11.6 Å². The van der Waals surface area contributed by atoms with Crippen LogP contribution in [0.5, 0.6) is 0 Å². The first kappa shape index (κ1) is 19.7. The Hall–Kier alpha value is -2.58. The Balaban J connectivity index is 1.82. The Labute approximate surface area is 166 Å². The van der Waals surface area contributed by atoms with Crippen LogP contribution >= 0.6 is 0 Å². The minimum Gasteiger partial charge on any atom is -0.396 e. The number of aliphatic hydroxyl groups is 1. The van der Waals surface area contributed by atoms with Crippen molar-refractivity contribution in [1.82, 2.24) is 14.8 Å². The van der Waals surface area contributed by atoms with Gasteiger partial charge in [-0.2, -0.15) is 0 Å². The van der Waals surface area contributed by atoms with E-state index in [2.05, 4.69) is 5.32 Å². The fourth-order valence-electron chi connectivity index (χ4n) is 4.84. The predicted molar refractivity (Wildman–Crippen MR) is 102 cm³/mol. The van der Waals surface area contributed by atoms with Crippen LogP contribution in [-0.2, 0) is 17.9 Å². The Morgan fingerprint density at radius 2 is 2.07 bits per heavy atom. The Kier molecular flexibility index (Phi) is 5.23. The van der Waals surface area contributed by atoms with Crippen LogP contribution < -0.4 is 10.9 Å². The topological polar surface area (TPSA) is 74.6 Å². The van der Waals surface area contributed by atoms with Crippen LogP contribution in [0.1, 0.15) is 24.2 Å². The average Bonchev–Trinajstić information content (AvgIpc) is 2.90. The van der Waals surface area contributed by atoms with Gasteiger partial charge in [-0.3, -0.25) is 14.5 Å². The Morgan fingerprint density at radius 1 is 1.28 bits per heavy atom. The maximum atomic E-state index is 14.3. The second-order valence-electron chi connectivity index (χ2n) is 7.59. The van der Waals surface area contributed by atoms with Crippen molar-refractivity contribution in [3.05, 3.63) is 69.6 Å². The first-order valence-corrected chi connectivity index (χ1v) is 9.74. The molecule has 1 aromatic carbocycles. The molecule has 1 saturated heterocycles. The van der Waals surface area contributed by atoms with Gasteiger partial charge in [0.2, 0.25) is 5.91 Å². The third-order valence-corrected chi connectivity index (χ3v) is 6.06. The summed E-state index contributed by atoms with van der Waals surface area (Å²) in [6, 6.07) is 7.30. The molecule has 1 amide bonds. The molecule has 29 heavy (non-hydrogen) atoms. The van der Waals surface area contributed by atoms with Crippen molar-refractivity contribution in [3.8, 4) is 0 Å². The second kappa shape index (κ2) is 7.68. The molecule has 0 spiro atoms. The van der Waals surface area contributed by atoms with Gasteiger partial charge in [-0.1, -0.05) is 6.07 Å². The summed E-state index contributed by atoms with van der Waals surface area (Å²) in [5.74, 6) is -2.31. The maximum absolute atomic E-state index is 14.3. The molecule has 2 aliphatic heterocycles. The van der Waals surface area contributed by atoms with Crippen LogP contribution in [0.3, 0.4) is 0 Å². The molecule has 6 nitrogen and oxygen atoms in total. The van der Waals surface area contributed by atoms with Crippen LogP contribution in [0, 0.1) is 23.5 Å². The van der Waals surface area contributed by atoms with E-state index < -0.39 is 29.5 Å². The number of hydrogen-bond donors (Lipinski definition) is 2. The highest BCUT2D eigenvalue weighted by Gasteiger charge is 2.55. The number of carbonyl (C=O) groups is 1. The van der Waals surface area contributed by atoms with Crippen molar-refractivity contribution in [2.45, 2.75) is 32.1 Å². The minimum absolute atomic E-state index is 0.0778. The molecule has 4 rings (SSSR count). The SMILES string of the molecule is CCNC(=O)[C@H]1[C@H](CO)[C@H]2Cn3c(cccc3=O)[C@@H]1N2Cc1cc(F)ccc1F. The average molecular weight is 403 g/mol. The summed E-state index contributed by atoms with van der Waals surface area (Å²) in [7, 11) is 0. The first-order chi connectivity index (χ1) is 14.0. The van der Waals surface area contributed by atoms with E-state index in [9.17, 15) is 23.5 Å². The van der Waals surface area contributed by atoms with Gasteiger partial charge >= 0.3 is 0 Å². The monoisotopic (exact) mass is 403 g/mol. The van der Waals surface area contributed by atoms with Crippen molar-refractivity contribution in [1.29, 1.82) is 0 Å². The lowest BCUT2D eigenvalue weighted by Gasteiger charge is -2.38. The third-order valence-electron chi connectivity index (χ3n) is 6.06. The maximum Gasteiger partial charge on any atom is 0.250 e. The molecule has 0 radical (unpaired) electrons. The van der Waals surface area contributed by atoms with Gasteiger partial charge in [0.05, 0.1) is 12.0 Å². The number of hydrogen-bond acceptors (Lipinski definition) is 4. The zero-order valence-electron chi connectivity index (χ0n) is 16.0. The lowest BCUT2D eigenvalue weighted by Crippen LogP contribution is -2.46. The van der Waals surface area contributed by atoms with Crippen LogP contribution in [0.4, 0.5) is 8.78 Å². The summed E-state index contributed by atoms with van der Waals surface area (Å²) in [5.41, 5.74) is 0.653. The summed E-state index contributed by atoms with van der Waals surface area (Å²) in [6.07, 6.45) is 0. The number of benzene rings is 1. The molecule has 2 aliphatic rings. The number of aliphatic hydroxyl groups excluding tert-OH is 1. The van der Waals surface area contributed by atoms with Gasteiger partial charge in [-0.25, -0.2) is 8.78 Å². The number of carbonyl (C=O) groups excluding carboxylic acids is 1. The number of nitrogens with one attached hydrogen (secondary N) is 1. The lowest BCUT2D eigenvalue weighted by molar-refractivity contribution is -0.127. The third kappa shape index (κ3) is 3.26. The fourth-order valence-corrected chi connectivity index (χ4v) is 4.84. The summed E-state index contributed by atoms with van der Waals surface area (Å²) in [4.78, 5) is 27.2. The summed E-state index contributed by atoms with van der Waals surface area (Å²) in [5, 5.41) is 12.9. The zero-order chi connectivity index (χ0) is 20.7. The van der Waals surface area contributed by atoms with Crippen molar-refractivity contribution in [2.24, 2.45) is 11.8 Å². The normalized spacial score (nSPS) is 25.7. The molecule has 1 aromatic heterocycles. The van der Waals surface area contributed by atoms with Crippen LogP contribution in [0.25, 0.3) is 0 Å². The largest absolute Gasteiger partial charge is 0.396 e. The van der Waals surface area contributed by atoms with E-state index in [1.807, 2.05) is 11.8 Å². The van der Waals surface area contributed by atoms with E-state index >= 15 is 0 Å². The van der Waals surface area contributed by atoms with E-state index in [4.69, 9.17) is 0 Å². The van der Waals surface area contributed by atoms with Crippen molar-refractivity contribution in [2.75, 3.05) is 13.2 Å². The van der Waals surface area contributed by atoms with Gasteiger partial charge in [0, 0.05) is 55.5 Å². The van der Waals surface area contributed by atoms with Gasteiger partial charge < -0.3 is 15.0 Å². The number of pyridine rings is 1. The lowest BCUT2D eigenvalue weighted by atomic mass is 9.86. The molecule has 2 aromatic rings. The van der Waals surface area contributed by atoms with Gasteiger partial charge in [-0.05, 0) is 31.2 Å².